The molecule has 1 N–H and O–H groups in total. The summed E-state index contributed by atoms with van der Waals surface area (Å²) in [5.74, 6) is 1.57. The van der Waals surface area contributed by atoms with Gasteiger partial charge < -0.3 is 5.32 Å². The predicted molar refractivity (Wildman–Crippen MR) is 88.2 cm³/mol. The van der Waals surface area contributed by atoms with E-state index in [1.54, 1.807) is 12.1 Å². The van der Waals surface area contributed by atoms with Crippen LogP contribution in [-0.2, 0) is 4.79 Å². The molecule has 1 aromatic rings. The highest BCUT2D eigenvalue weighted by molar-refractivity contribution is 5.92. The molecular formula is C17H23N3O3. The van der Waals surface area contributed by atoms with Gasteiger partial charge in [-0.1, -0.05) is 19.3 Å². The maximum Gasteiger partial charge on any atom is 0.269 e. The van der Waals surface area contributed by atoms with E-state index in [4.69, 9.17) is 0 Å². The summed E-state index contributed by atoms with van der Waals surface area (Å²) in [6, 6.07) is 5.96. The molecule has 2 atom stereocenters. The second kappa shape index (κ2) is 7.08. The fourth-order valence-corrected chi connectivity index (χ4v) is 3.89. The van der Waals surface area contributed by atoms with E-state index in [2.05, 4.69) is 10.2 Å². The van der Waals surface area contributed by atoms with Crippen LogP contribution in [0, 0.1) is 22.0 Å². The molecule has 0 spiro atoms. The molecule has 0 radical (unpaired) electrons. The van der Waals surface area contributed by atoms with Gasteiger partial charge >= 0.3 is 0 Å². The predicted octanol–water partition coefficient (Wildman–Crippen LogP) is 3.05. The van der Waals surface area contributed by atoms with Crippen LogP contribution in [0.3, 0.4) is 0 Å². The van der Waals surface area contributed by atoms with Gasteiger partial charge in [-0.15, -0.1) is 0 Å². The van der Waals surface area contributed by atoms with Gasteiger partial charge in [0.1, 0.15) is 0 Å². The number of nitro groups is 1. The van der Waals surface area contributed by atoms with Crippen LogP contribution >= 0.6 is 0 Å². The molecule has 1 heterocycles. The molecule has 1 aromatic carbocycles. The number of carbonyl (C=O) groups is 1. The van der Waals surface area contributed by atoms with E-state index in [0.29, 0.717) is 12.2 Å². The summed E-state index contributed by atoms with van der Waals surface area (Å²) < 4.78 is 0. The van der Waals surface area contributed by atoms with Crippen LogP contribution in [0.25, 0.3) is 0 Å². The molecule has 0 unspecified atom stereocenters. The lowest BCUT2D eigenvalue weighted by atomic mass is 9.75. The van der Waals surface area contributed by atoms with Crippen molar-refractivity contribution in [3.8, 4) is 0 Å². The maximum absolute atomic E-state index is 12.2. The smallest absolute Gasteiger partial charge is 0.269 e. The molecule has 23 heavy (non-hydrogen) atoms. The number of anilines is 1. The maximum atomic E-state index is 12.2. The number of amides is 1. The summed E-state index contributed by atoms with van der Waals surface area (Å²) in [5.41, 5.74) is 0.635. The van der Waals surface area contributed by atoms with Gasteiger partial charge in [-0.3, -0.25) is 19.8 Å². The second-order valence-corrected chi connectivity index (χ2v) is 6.68. The van der Waals surface area contributed by atoms with Crippen molar-refractivity contribution in [1.29, 1.82) is 0 Å². The van der Waals surface area contributed by atoms with Gasteiger partial charge in [-0.25, -0.2) is 0 Å². The Labute approximate surface area is 136 Å². The number of nitrogens with zero attached hydrogens (tertiary/aromatic N) is 2. The third kappa shape index (κ3) is 4.07. The van der Waals surface area contributed by atoms with E-state index in [-0.39, 0.29) is 11.6 Å². The summed E-state index contributed by atoms with van der Waals surface area (Å²) in [4.78, 5) is 24.6. The highest BCUT2D eigenvalue weighted by atomic mass is 16.6. The number of likely N-dealkylation sites (tertiary alicyclic amines) is 1. The van der Waals surface area contributed by atoms with Gasteiger partial charge in [-0.05, 0) is 43.4 Å². The van der Waals surface area contributed by atoms with Crippen molar-refractivity contribution in [1.82, 2.24) is 4.90 Å². The Morgan fingerprint density at radius 1 is 1.17 bits per heavy atom. The number of hydrogen-bond donors (Lipinski definition) is 1. The van der Waals surface area contributed by atoms with Crippen molar-refractivity contribution in [3.05, 3.63) is 34.4 Å². The fourth-order valence-electron chi connectivity index (χ4n) is 3.89. The Bertz CT molecular complexity index is 573. The molecule has 124 valence electrons. The number of benzene rings is 1. The zero-order chi connectivity index (χ0) is 16.2. The lowest BCUT2D eigenvalue weighted by Crippen LogP contribution is -2.44. The van der Waals surface area contributed by atoms with Crippen LogP contribution in [0.4, 0.5) is 11.4 Å². The van der Waals surface area contributed by atoms with Crippen molar-refractivity contribution in [3.63, 3.8) is 0 Å². The lowest BCUT2D eigenvalue weighted by molar-refractivity contribution is -0.384. The summed E-state index contributed by atoms with van der Waals surface area (Å²) in [6.07, 6.45) is 6.54. The van der Waals surface area contributed by atoms with Gasteiger partial charge in [0.15, 0.2) is 0 Å². The molecule has 2 fully saturated rings. The van der Waals surface area contributed by atoms with Crippen LogP contribution in [0.15, 0.2) is 24.3 Å². The van der Waals surface area contributed by atoms with E-state index in [1.807, 2.05) is 0 Å². The number of non-ortho nitro benzene ring substituents is 1. The lowest BCUT2D eigenvalue weighted by Gasteiger charge is -2.41. The molecule has 1 aliphatic heterocycles. The molecule has 1 aliphatic carbocycles. The zero-order valence-corrected chi connectivity index (χ0v) is 13.2. The largest absolute Gasteiger partial charge is 0.325 e. The molecule has 1 saturated carbocycles. The van der Waals surface area contributed by atoms with Crippen LogP contribution in [0.5, 0.6) is 0 Å². The summed E-state index contributed by atoms with van der Waals surface area (Å²) in [5, 5.41) is 13.4. The Balaban J connectivity index is 1.50. The molecule has 0 aromatic heterocycles. The van der Waals surface area contributed by atoms with Crippen molar-refractivity contribution in [2.24, 2.45) is 11.8 Å². The van der Waals surface area contributed by atoms with Gasteiger partial charge in [0, 0.05) is 24.4 Å². The first kappa shape index (κ1) is 15.9. The van der Waals surface area contributed by atoms with Crippen molar-refractivity contribution in [2.75, 3.05) is 25.0 Å². The number of rotatable bonds is 4. The monoisotopic (exact) mass is 317 g/mol. The molecule has 0 bridgehead atoms. The molecular weight excluding hydrogens is 294 g/mol. The Hall–Kier alpha value is -1.95. The first-order chi connectivity index (χ1) is 11.1. The van der Waals surface area contributed by atoms with E-state index in [1.165, 1.54) is 44.2 Å². The van der Waals surface area contributed by atoms with E-state index < -0.39 is 4.92 Å². The van der Waals surface area contributed by atoms with Crippen molar-refractivity contribution in [2.45, 2.75) is 32.1 Å². The van der Waals surface area contributed by atoms with Crippen LogP contribution in [-0.4, -0.2) is 35.4 Å². The van der Waals surface area contributed by atoms with E-state index >= 15 is 0 Å². The van der Waals surface area contributed by atoms with Gasteiger partial charge in [-0.2, -0.15) is 0 Å². The highest BCUT2D eigenvalue weighted by Crippen LogP contribution is 2.35. The molecule has 1 amide bonds. The topological polar surface area (TPSA) is 75.5 Å². The normalized spacial score (nSPS) is 24.7. The van der Waals surface area contributed by atoms with E-state index in [9.17, 15) is 14.9 Å². The van der Waals surface area contributed by atoms with Crippen LogP contribution < -0.4 is 5.32 Å². The fraction of sp³-hybridized carbons (Fsp3) is 0.588. The highest BCUT2D eigenvalue weighted by Gasteiger charge is 2.31. The number of piperidine rings is 1. The minimum Gasteiger partial charge on any atom is -0.325 e. The molecule has 2 aliphatic rings. The van der Waals surface area contributed by atoms with Crippen molar-refractivity contribution >= 4 is 17.3 Å². The number of nitro benzene ring substituents is 1. The minimum atomic E-state index is -0.445. The SMILES string of the molecule is O=C(CN1CC[C@H]2CCCC[C@@H]2C1)Nc1ccc([N+](=O)[O-])cc1. The minimum absolute atomic E-state index is 0.0300. The summed E-state index contributed by atoms with van der Waals surface area (Å²) in [6.45, 7) is 2.42. The molecule has 6 heteroatoms. The molecule has 1 saturated heterocycles. The third-order valence-corrected chi connectivity index (χ3v) is 5.10. The average Bonchev–Trinajstić information content (AvgIpc) is 2.55. The number of carbonyl (C=O) groups excluding carboxylic acids is 1. The van der Waals surface area contributed by atoms with Crippen molar-refractivity contribution < 1.29 is 9.72 Å². The van der Waals surface area contributed by atoms with Crippen LogP contribution in [0.1, 0.15) is 32.1 Å². The third-order valence-electron chi connectivity index (χ3n) is 5.10. The quantitative estimate of drug-likeness (QED) is 0.684. The number of hydrogen-bond acceptors (Lipinski definition) is 4. The van der Waals surface area contributed by atoms with E-state index in [0.717, 1.165) is 24.9 Å². The number of fused-ring (bicyclic) bond motifs is 1. The standard InChI is InChI=1S/C17H23N3O3/c21-17(18-15-5-7-16(8-6-15)20(22)23)12-19-10-9-13-3-1-2-4-14(13)11-19/h5-8,13-14H,1-4,9-12H2,(H,18,21)/t13-,14-/m1/s1. The Morgan fingerprint density at radius 3 is 2.57 bits per heavy atom. The van der Waals surface area contributed by atoms with Gasteiger partial charge in [0.05, 0.1) is 11.5 Å². The number of nitrogens with one attached hydrogen (secondary N) is 1. The summed E-state index contributed by atoms with van der Waals surface area (Å²) in [7, 11) is 0. The Morgan fingerprint density at radius 2 is 1.87 bits per heavy atom. The van der Waals surface area contributed by atoms with Crippen LogP contribution in [0.2, 0.25) is 0 Å². The first-order valence-electron chi connectivity index (χ1n) is 8.38. The van der Waals surface area contributed by atoms with Gasteiger partial charge in [0.2, 0.25) is 5.91 Å². The molecule has 3 rings (SSSR count). The molecule has 6 nitrogen and oxygen atoms in total. The summed E-state index contributed by atoms with van der Waals surface area (Å²) >= 11 is 0. The first-order valence-corrected chi connectivity index (χ1v) is 8.38. The zero-order valence-electron chi connectivity index (χ0n) is 13.2. The van der Waals surface area contributed by atoms with Gasteiger partial charge in [0.25, 0.3) is 5.69 Å². The average molecular weight is 317 g/mol. The Kier molecular flexibility index (Phi) is 4.91. The second-order valence-electron chi connectivity index (χ2n) is 6.68.